The molecule has 0 radical (unpaired) electrons. The van der Waals surface area contributed by atoms with Crippen molar-refractivity contribution in [2.45, 2.75) is 43.9 Å². The first kappa shape index (κ1) is 17.4. The molecule has 6 atom stereocenters. The molecule has 0 spiro atoms. The molecular weight excluding hydrogens is 431 g/mol. The summed E-state index contributed by atoms with van der Waals surface area (Å²) in [4.78, 5) is 0. The van der Waals surface area contributed by atoms with Gasteiger partial charge in [-0.3, -0.25) is 0 Å². The van der Waals surface area contributed by atoms with Gasteiger partial charge in [0.2, 0.25) is 0 Å². The molecule has 132 valence electrons. The van der Waals surface area contributed by atoms with E-state index in [4.69, 9.17) is 18.9 Å². The number of hydrogen-bond donors (Lipinski definition) is 0. The Balaban J connectivity index is 1.56. The number of alkyl halides is 1. The number of benzene rings is 2. The Morgan fingerprint density at radius 3 is 1.80 bits per heavy atom. The van der Waals surface area contributed by atoms with Crippen LogP contribution in [0.4, 0.5) is 0 Å². The highest BCUT2D eigenvalue weighted by atomic mass is 127. The van der Waals surface area contributed by atoms with Crippen LogP contribution in [-0.4, -0.2) is 28.8 Å². The van der Waals surface area contributed by atoms with Crippen LogP contribution in [0, 0.1) is 0 Å². The molecule has 2 aliphatic rings. The van der Waals surface area contributed by atoms with Crippen molar-refractivity contribution in [3.05, 3.63) is 71.8 Å². The summed E-state index contributed by atoms with van der Waals surface area (Å²) in [5, 5.41) is 0. The third-order valence-electron chi connectivity index (χ3n) is 4.65. The van der Waals surface area contributed by atoms with Crippen LogP contribution in [0.3, 0.4) is 0 Å². The van der Waals surface area contributed by atoms with Crippen LogP contribution in [0.2, 0.25) is 0 Å². The molecule has 0 saturated carbocycles. The topological polar surface area (TPSA) is 36.9 Å². The van der Waals surface area contributed by atoms with Gasteiger partial charge >= 0.3 is 0 Å². The number of ether oxygens (including phenoxy) is 4. The van der Waals surface area contributed by atoms with Gasteiger partial charge in [-0.25, -0.2) is 0 Å². The minimum atomic E-state index is -0.386. The van der Waals surface area contributed by atoms with E-state index in [0.717, 1.165) is 15.6 Å². The molecule has 2 aliphatic heterocycles. The van der Waals surface area contributed by atoms with Gasteiger partial charge < -0.3 is 18.9 Å². The van der Waals surface area contributed by atoms with E-state index in [1.165, 1.54) is 0 Å². The van der Waals surface area contributed by atoms with Crippen LogP contribution < -0.4 is 0 Å². The number of rotatable bonds is 3. The van der Waals surface area contributed by atoms with Crippen LogP contribution in [0.15, 0.2) is 60.7 Å². The Morgan fingerprint density at radius 1 is 0.720 bits per heavy atom. The lowest BCUT2D eigenvalue weighted by Crippen LogP contribution is -2.57. The smallest absolute Gasteiger partial charge is 0.184 e. The Hall–Kier alpha value is -0.990. The molecule has 25 heavy (non-hydrogen) atoms. The molecule has 2 heterocycles. The molecule has 0 amide bonds. The second-order valence-electron chi connectivity index (χ2n) is 6.36. The lowest BCUT2D eigenvalue weighted by molar-refractivity contribution is -0.376. The molecule has 4 nitrogen and oxygen atoms in total. The Morgan fingerprint density at radius 2 is 1.24 bits per heavy atom. The van der Waals surface area contributed by atoms with Crippen molar-refractivity contribution in [3.8, 4) is 0 Å². The second kappa shape index (κ2) is 7.72. The molecule has 0 aromatic heterocycles. The molecule has 0 N–H and O–H groups in total. The van der Waals surface area contributed by atoms with Crippen LogP contribution >= 0.6 is 22.6 Å². The van der Waals surface area contributed by atoms with Gasteiger partial charge in [0.25, 0.3) is 0 Å². The molecule has 2 aromatic carbocycles. The fourth-order valence-corrected chi connectivity index (χ4v) is 4.06. The first-order valence-corrected chi connectivity index (χ1v) is 10.1. The summed E-state index contributed by atoms with van der Waals surface area (Å²) in [5.41, 5.74) is 2.04. The predicted molar refractivity (Wildman–Crippen MR) is 102 cm³/mol. The van der Waals surface area contributed by atoms with Gasteiger partial charge in [-0.2, -0.15) is 0 Å². The molecule has 2 aromatic rings. The first-order chi connectivity index (χ1) is 12.3. The fourth-order valence-electron chi connectivity index (χ4n) is 3.35. The minimum absolute atomic E-state index is 0.0397. The van der Waals surface area contributed by atoms with E-state index in [9.17, 15) is 0 Å². The predicted octanol–water partition coefficient (Wildman–Crippen LogP) is 4.41. The molecule has 0 bridgehead atoms. The average molecular weight is 452 g/mol. The van der Waals surface area contributed by atoms with Gasteiger partial charge in [-0.05, 0) is 6.92 Å². The second-order valence-corrected chi connectivity index (χ2v) is 7.24. The quantitative estimate of drug-likeness (QED) is 0.511. The summed E-state index contributed by atoms with van der Waals surface area (Å²) in [6.07, 6.45) is -1.19. The highest BCUT2D eigenvalue weighted by Gasteiger charge is 2.48. The summed E-state index contributed by atoms with van der Waals surface area (Å²) < 4.78 is 25.6. The van der Waals surface area contributed by atoms with Crippen molar-refractivity contribution in [1.82, 2.24) is 0 Å². The van der Waals surface area contributed by atoms with Crippen LogP contribution in [0.5, 0.6) is 0 Å². The summed E-state index contributed by atoms with van der Waals surface area (Å²) in [7, 11) is 0. The van der Waals surface area contributed by atoms with Crippen LogP contribution in [0.25, 0.3) is 0 Å². The fraction of sp³-hybridized carbons (Fsp3) is 0.400. The van der Waals surface area contributed by atoms with E-state index in [0.29, 0.717) is 0 Å². The third kappa shape index (κ3) is 3.61. The van der Waals surface area contributed by atoms with E-state index >= 15 is 0 Å². The maximum Gasteiger partial charge on any atom is 0.184 e. The maximum absolute atomic E-state index is 6.26. The van der Waals surface area contributed by atoms with Crippen molar-refractivity contribution in [2.24, 2.45) is 0 Å². The summed E-state index contributed by atoms with van der Waals surface area (Å²) >= 11 is 2.35. The Labute approximate surface area is 161 Å². The molecule has 4 rings (SSSR count). The van der Waals surface area contributed by atoms with Gasteiger partial charge in [0, 0.05) is 15.6 Å². The standard InChI is InChI=1S/C20H21IO4/c1-13-17-18(25-19(22-13)14-8-4-2-5-9-14)16(12-21)23-20(24-17)15-10-6-3-7-11-15/h2-11,13,16-20H,12H2,1H3. The molecule has 5 heteroatoms. The molecule has 2 saturated heterocycles. The zero-order valence-corrected chi connectivity index (χ0v) is 16.1. The SMILES string of the molecule is CC1OC(c2ccccc2)OC2C(CI)OC(c3ccccc3)OC12. The van der Waals surface area contributed by atoms with E-state index in [1.54, 1.807) is 0 Å². The molecule has 0 aliphatic carbocycles. The minimum Gasteiger partial charge on any atom is -0.343 e. The van der Waals surface area contributed by atoms with Crippen molar-refractivity contribution in [3.63, 3.8) is 0 Å². The van der Waals surface area contributed by atoms with Gasteiger partial charge in [0.1, 0.15) is 12.2 Å². The molecule has 6 unspecified atom stereocenters. The van der Waals surface area contributed by atoms with Crippen molar-refractivity contribution >= 4 is 22.6 Å². The van der Waals surface area contributed by atoms with Crippen molar-refractivity contribution < 1.29 is 18.9 Å². The third-order valence-corrected chi connectivity index (χ3v) is 5.51. The largest absolute Gasteiger partial charge is 0.343 e. The lowest BCUT2D eigenvalue weighted by Gasteiger charge is -2.48. The summed E-state index contributed by atoms with van der Waals surface area (Å²) in [6.45, 7) is 2.05. The van der Waals surface area contributed by atoms with Crippen molar-refractivity contribution in [1.29, 1.82) is 0 Å². The highest BCUT2D eigenvalue weighted by molar-refractivity contribution is 14.1. The summed E-state index contributed by atoms with van der Waals surface area (Å²) in [6, 6.07) is 20.1. The summed E-state index contributed by atoms with van der Waals surface area (Å²) in [5.74, 6) is 0. The maximum atomic E-state index is 6.26. The zero-order chi connectivity index (χ0) is 17.2. The van der Waals surface area contributed by atoms with E-state index in [1.807, 2.05) is 67.6 Å². The van der Waals surface area contributed by atoms with Gasteiger partial charge in [-0.1, -0.05) is 83.3 Å². The highest BCUT2D eigenvalue weighted by Crippen LogP contribution is 2.40. The van der Waals surface area contributed by atoms with Crippen LogP contribution in [0.1, 0.15) is 30.6 Å². The normalized spacial score (nSPS) is 35.1. The molecule has 2 fully saturated rings. The van der Waals surface area contributed by atoms with E-state index < -0.39 is 0 Å². The zero-order valence-electron chi connectivity index (χ0n) is 14.0. The lowest BCUT2D eigenvalue weighted by atomic mass is 10.00. The van der Waals surface area contributed by atoms with E-state index in [2.05, 4.69) is 22.6 Å². The average Bonchev–Trinajstić information content (AvgIpc) is 2.68. The number of hydrogen-bond acceptors (Lipinski definition) is 4. The number of fused-ring (bicyclic) bond motifs is 1. The van der Waals surface area contributed by atoms with E-state index in [-0.39, 0.29) is 37.0 Å². The van der Waals surface area contributed by atoms with Crippen LogP contribution in [-0.2, 0) is 18.9 Å². The number of halogens is 1. The molecular formula is C20H21IO4. The van der Waals surface area contributed by atoms with Gasteiger partial charge in [-0.15, -0.1) is 0 Å². The van der Waals surface area contributed by atoms with Gasteiger partial charge in [0.15, 0.2) is 12.6 Å². The monoisotopic (exact) mass is 452 g/mol. The Kier molecular flexibility index (Phi) is 5.38. The van der Waals surface area contributed by atoms with Crippen molar-refractivity contribution in [2.75, 3.05) is 4.43 Å². The Bertz CT molecular complexity index is 681. The first-order valence-electron chi connectivity index (χ1n) is 8.54. The van der Waals surface area contributed by atoms with Gasteiger partial charge in [0.05, 0.1) is 12.2 Å².